The fraction of sp³-hybridized carbons (Fsp3) is 0.538. The van der Waals surface area contributed by atoms with Gasteiger partial charge in [-0.25, -0.2) is 4.39 Å². The van der Waals surface area contributed by atoms with Crippen molar-refractivity contribution in [1.29, 1.82) is 0 Å². The molecule has 0 radical (unpaired) electrons. The second-order valence-electron chi connectivity index (χ2n) is 4.42. The molecule has 1 saturated heterocycles. The van der Waals surface area contributed by atoms with Gasteiger partial charge in [0.2, 0.25) is 0 Å². The minimum Gasteiger partial charge on any atom is -0.493 e. The Kier molecular flexibility index (Phi) is 3.78. The summed E-state index contributed by atoms with van der Waals surface area (Å²) in [5.41, 5.74) is 0.641. The van der Waals surface area contributed by atoms with Gasteiger partial charge in [-0.3, -0.25) is 0 Å². The monoisotopic (exact) mass is 223 g/mol. The molecule has 3 heteroatoms. The van der Waals surface area contributed by atoms with Crippen LogP contribution in [0.3, 0.4) is 0 Å². The highest BCUT2D eigenvalue weighted by molar-refractivity contribution is 5.28. The Balaban J connectivity index is 1.86. The van der Waals surface area contributed by atoms with E-state index in [1.165, 1.54) is 18.9 Å². The van der Waals surface area contributed by atoms with Gasteiger partial charge in [0, 0.05) is 0 Å². The summed E-state index contributed by atoms with van der Waals surface area (Å²) in [5, 5.41) is 3.32. The fourth-order valence-electron chi connectivity index (χ4n) is 1.97. The Hall–Kier alpha value is -1.09. The van der Waals surface area contributed by atoms with E-state index >= 15 is 0 Å². The van der Waals surface area contributed by atoms with E-state index in [0.717, 1.165) is 25.4 Å². The molecule has 1 aliphatic heterocycles. The molecule has 0 atom stereocenters. The van der Waals surface area contributed by atoms with Crippen LogP contribution in [-0.4, -0.2) is 19.7 Å². The van der Waals surface area contributed by atoms with Crippen LogP contribution >= 0.6 is 0 Å². The molecule has 0 bridgehead atoms. The summed E-state index contributed by atoms with van der Waals surface area (Å²) < 4.78 is 18.7. The van der Waals surface area contributed by atoms with Crippen molar-refractivity contribution in [3.05, 3.63) is 29.6 Å². The molecule has 1 heterocycles. The first kappa shape index (κ1) is 11.4. The first-order chi connectivity index (χ1) is 7.75. The first-order valence-electron chi connectivity index (χ1n) is 5.85. The lowest BCUT2D eigenvalue weighted by molar-refractivity contribution is 0.215. The largest absolute Gasteiger partial charge is 0.493 e. The minimum atomic E-state index is -0.172. The van der Waals surface area contributed by atoms with Crippen molar-refractivity contribution in [2.75, 3.05) is 19.7 Å². The van der Waals surface area contributed by atoms with Gasteiger partial charge in [-0.1, -0.05) is 0 Å². The normalized spacial score (nSPS) is 17.4. The molecule has 2 rings (SSSR count). The van der Waals surface area contributed by atoms with Gasteiger partial charge in [-0.05, 0) is 62.5 Å². The maximum absolute atomic E-state index is 13.0. The summed E-state index contributed by atoms with van der Waals surface area (Å²) in [6.45, 7) is 4.66. The van der Waals surface area contributed by atoms with Crippen molar-refractivity contribution in [3.8, 4) is 5.75 Å². The molecule has 0 spiro atoms. The lowest BCUT2D eigenvalue weighted by Crippen LogP contribution is -2.30. The topological polar surface area (TPSA) is 21.3 Å². The van der Waals surface area contributed by atoms with E-state index < -0.39 is 0 Å². The number of hydrogen-bond acceptors (Lipinski definition) is 2. The number of piperidine rings is 1. The van der Waals surface area contributed by atoms with Crippen LogP contribution in [-0.2, 0) is 0 Å². The van der Waals surface area contributed by atoms with Gasteiger partial charge in [0.15, 0.2) is 0 Å². The van der Waals surface area contributed by atoms with Crippen LogP contribution in [0.25, 0.3) is 0 Å². The SMILES string of the molecule is Cc1cc(OCC2CCNCC2)ccc1F. The molecule has 0 amide bonds. The van der Waals surface area contributed by atoms with Crippen molar-refractivity contribution in [3.63, 3.8) is 0 Å². The number of ether oxygens (including phenoxy) is 1. The molecule has 2 nitrogen and oxygen atoms in total. The third kappa shape index (κ3) is 2.95. The van der Waals surface area contributed by atoms with E-state index in [1.54, 1.807) is 19.1 Å². The zero-order chi connectivity index (χ0) is 11.4. The van der Waals surface area contributed by atoms with E-state index in [-0.39, 0.29) is 5.82 Å². The molecule has 1 N–H and O–H groups in total. The number of aryl methyl sites for hydroxylation is 1. The van der Waals surface area contributed by atoms with Crippen LogP contribution < -0.4 is 10.1 Å². The average molecular weight is 223 g/mol. The van der Waals surface area contributed by atoms with Gasteiger partial charge in [-0.2, -0.15) is 0 Å². The average Bonchev–Trinajstić information content (AvgIpc) is 2.32. The summed E-state index contributed by atoms with van der Waals surface area (Å²) in [4.78, 5) is 0. The maximum atomic E-state index is 13.0. The Morgan fingerprint density at radius 2 is 2.12 bits per heavy atom. The van der Waals surface area contributed by atoms with Crippen LogP contribution in [0.15, 0.2) is 18.2 Å². The standard InChI is InChI=1S/C13H18FNO/c1-10-8-12(2-3-13(10)14)16-9-11-4-6-15-7-5-11/h2-3,8,11,15H,4-7,9H2,1H3. The molecule has 0 unspecified atom stereocenters. The highest BCUT2D eigenvalue weighted by Crippen LogP contribution is 2.18. The smallest absolute Gasteiger partial charge is 0.126 e. The van der Waals surface area contributed by atoms with E-state index in [4.69, 9.17) is 4.74 Å². The molecule has 1 fully saturated rings. The summed E-state index contributed by atoms with van der Waals surface area (Å²) in [5.74, 6) is 1.23. The van der Waals surface area contributed by atoms with E-state index in [2.05, 4.69) is 5.32 Å². The number of hydrogen-bond donors (Lipinski definition) is 1. The lowest BCUT2D eigenvalue weighted by atomic mass is 9.99. The molecule has 0 aromatic heterocycles. The van der Waals surface area contributed by atoms with Crippen molar-refractivity contribution in [2.24, 2.45) is 5.92 Å². The van der Waals surface area contributed by atoms with Crippen molar-refractivity contribution in [2.45, 2.75) is 19.8 Å². The number of halogens is 1. The summed E-state index contributed by atoms with van der Waals surface area (Å²) in [6, 6.07) is 4.92. The van der Waals surface area contributed by atoms with Crippen LogP contribution in [0.2, 0.25) is 0 Å². The third-order valence-corrected chi connectivity index (χ3v) is 3.07. The zero-order valence-corrected chi connectivity index (χ0v) is 9.63. The molecular weight excluding hydrogens is 205 g/mol. The molecule has 88 valence electrons. The van der Waals surface area contributed by atoms with Gasteiger partial charge in [0.1, 0.15) is 11.6 Å². The van der Waals surface area contributed by atoms with Gasteiger partial charge in [0.25, 0.3) is 0 Å². The van der Waals surface area contributed by atoms with E-state index in [1.807, 2.05) is 0 Å². The molecule has 1 aromatic rings. The Morgan fingerprint density at radius 1 is 1.38 bits per heavy atom. The maximum Gasteiger partial charge on any atom is 0.126 e. The molecule has 1 aliphatic rings. The number of nitrogens with one attached hydrogen (secondary N) is 1. The van der Waals surface area contributed by atoms with Gasteiger partial charge < -0.3 is 10.1 Å². The summed E-state index contributed by atoms with van der Waals surface area (Å²) >= 11 is 0. The number of benzene rings is 1. The molecular formula is C13H18FNO. The van der Waals surface area contributed by atoms with Gasteiger partial charge in [-0.15, -0.1) is 0 Å². The zero-order valence-electron chi connectivity index (χ0n) is 9.63. The molecule has 16 heavy (non-hydrogen) atoms. The first-order valence-corrected chi connectivity index (χ1v) is 5.85. The predicted octanol–water partition coefficient (Wildman–Crippen LogP) is 2.51. The Bertz CT molecular complexity index is 348. The molecule has 1 aromatic carbocycles. The highest BCUT2D eigenvalue weighted by atomic mass is 19.1. The van der Waals surface area contributed by atoms with Gasteiger partial charge in [0.05, 0.1) is 6.61 Å². The number of rotatable bonds is 3. The van der Waals surface area contributed by atoms with Crippen LogP contribution in [0.5, 0.6) is 5.75 Å². The highest BCUT2D eigenvalue weighted by Gasteiger charge is 2.13. The van der Waals surface area contributed by atoms with Gasteiger partial charge >= 0.3 is 0 Å². The molecule has 0 aliphatic carbocycles. The Labute approximate surface area is 95.8 Å². The van der Waals surface area contributed by atoms with Crippen LogP contribution in [0, 0.1) is 18.7 Å². The van der Waals surface area contributed by atoms with Crippen LogP contribution in [0.1, 0.15) is 18.4 Å². The minimum absolute atomic E-state index is 0.172. The summed E-state index contributed by atoms with van der Waals surface area (Å²) in [7, 11) is 0. The van der Waals surface area contributed by atoms with Crippen LogP contribution in [0.4, 0.5) is 4.39 Å². The van der Waals surface area contributed by atoms with E-state index in [0.29, 0.717) is 11.5 Å². The second kappa shape index (κ2) is 5.30. The van der Waals surface area contributed by atoms with E-state index in [9.17, 15) is 4.39 Å². The molecule has 0 saturated carbocycles. The van der Waals surface area contributed by atoms with Crippen molar-refractivity contribution < 1.29 is 9.13 Å². The Morgan fingerprint density at radius 3 is 2.81 bits per heavy atom. The van der Waals surface area contributed by atoms with Crippen molar-refractivity contribution >= 4 is 0 Å². The fourth-order valence-corrected chi connectivity index (χ4v) is 1.97. The predicted molar refractivity (Wildman–Crippen MR) is 62.2 cm³/mol. The lowest BCUT2D eigenvalue weighted by Gasteiger charge is -2.22. The second-order valence-corrected chi connectivity index (χ2v) is 4.42. The third-order valence-electron chi connectivity index (χ3n) is 3.07. The summed E-state index contributed by atoms with van der Waals surface area (Å²) in [6.07, 6.45) is 2.33. The quantitative estimate of drug-likeness (QED) is 0.850. The van der Waals surface area contributed by atoms with Crippen molar-refractivity contribution in [1.82, 2.24) is 5.32 Å².